The summed E-state index contributed by atoms with van der Waals surface area (Å²) in [7, 11) is 0. The van der Waals surface area contributed by atoms with Crippen LogP contribution in [0.25, 0.3) is 0 Å². The van der Waals surface area contributed by atoms with Gasteiger partial charge < -0.3 is 4.74 Å². The first-order chi connectivity index (χ1) is 8.09. The van der Waals surface area contributed by atoms with E-state index in [1.807, 2.05) is 31.2 Å². The smallest absolute Gasteiger partial charge is 0.316 e. The van der Waals surface area contributed by atoms with Crippen LogP contribution in [0.15, 0.2) is 24.3 Å². The van der Waals surface area contributed by atoms with Gasteiger partial charge >= 0.3 is 5.97 Å². The zero-order valence-electron chi connectivity index (χ0n) is 9.46. The minimum Gasteiger partial charge on any atom is -0.460 e. The zero-order valence-corrected chi connectivity index (χ0v) is 9.46. The summed E-state index contributed by atoms with van der Waals surface area (Å²) in [5.41, 5.74) is 1.97. The van der Waals surface area contributed by atoms with Crippen molar-refractivity contribution in [2.45, 2.75) is 26.0 Å². The monoisotopic (exact) mass is 235 g/mol. The molecule has 0 N–H and O–H groups in total. The largest absolute Gasteiger partial charge is 0.460 e. The minimum atomic E-state index is -0.737. The second-order valence-electron chi connectivity index (χ2n) is 4.23. The summed E-state index contributed by atoms with van der Waals surface area (Å²) < 4.78 is 5.07. The van der Waals surface area contributed by atoms with E-state index in [0.717, 1.165) is 11.1 Å². The van der Waals surface area contributed by atoms with E-state index in [-0.39, 0.29) is 6.61 Å². The number of aryl methyl sites for hydroxylation is 1. The summed E-state index contributed by atoms with van der Waals surface area (Å²) in [6.07, 6.45) is 0.305. The first kappa shape index (κ1) is 11.6. The van der Waals surface area contributed by atoms with Gasteiger partial charge in [0.2, 0.25) is 6.04 Å². The summed E-state index contributed by atoms with van der Waals surface area (Å²) in [6, 6.07) is 6.84. The molecule has 1 aromatic carbocycles. The number of carbonyl (C=O) groups excluding carboxylic acids is 1. The predicted molar refractivity (Wildman–Crippen MR) is 59.9 cm³/mol. The van der Waals surface area contributed by atoms with Gasteiger partial charge in [-0.25, -0.2) is 0 Å². The lowest BCUT2D eigenvalue weighted by molar-refractivity contribution is -0.497. The molecule has 5 heteroatoms. The molecule has 0 amide bonds. The highest BCUT2D eigenvalue weighted by atomic mass is 16.6. The number of ether oxygens (including phenoxy) is 1. The van der Waals surface area contributed by atoms with Gasteiger partial charge in [0.1, 0.15) is 12.5 Å². The molecule has 90 valence electrons. The lowest BCUT2D eigenvalue weighted by atomic mass is 10.1. The van der Waals surface area contributed by atoms with Crippen molar-refractivity contribution in [1.29, 1.82) is 0 Å². The number of hydrogen-bond acceptors (Lipinski definition) is 4. The predicted octanol–water partition coefficient (Wildman–Crippen LogP) is 1.70. The number of nitro groups is 1. The van der Waals surface area contributed by atoms with Crippen LogP contribution in [-0.4, -0.2) is 16.9 Å². The fourth-order valence-electron chi connectivity index (χ4n) is 1.70. The molecule has 0 aromatic heterocycles. The van der Waals surface area contributed by atoms with Crippen LogP contribution < -0.4 is 0 Å². The maximum Gasteiger partial charge on any atom is 0.316 e. The highest BCUT2D eigenvalue weighted by Gasteiger charge is 2.54. The summed E-state index contributed by atoms with van der Waals surface area (Å²) in [5.74, 6) is -1.01. The molecule has 0 saturated heterocycles. The molecule has 1 fully saturated rings. The second-order valence-corrected chi connectivity index (χ2v) is 4.23. The van der Waals surface area contributed by atoms with E-state index < -0.39 is 22.9 Å². The van der Waals surface area contributed by atoms with Gasteiger partial charge in [0.05, 0.1) is 0 Å². The normalized spacial score (nSPS) is 21.9. The Bertz CT molecular complexity index is 458. The lowest BCUT2D eigenvalue weighted by Crippen LogP contribution is -2.13. The molecule has 1 aliphatic carbocycles. The molecule has 2 rings (SSSR count). The SMILES string of the molecule is Cc1ccccc1COC(=O)C1CC1[N+](=O)[O-]. The molecule has 5 nitrogen and oxygen atoms in total. The van der Waals surface area contributed by atoms with Crippen molar-refractivity contribution in [2.24, 2.45) is 5.92 Å². The van der Waals surface area contributed by atoms with Crippen LogP contribution in [0.3, 0.4) is 0 Å². The molecule has 0 bridgehead atoms. The van der Waals surface area contributed by atoms with Crippen LogP contribution in [0.2, 0.25) is 0 Å². The Morgan fingerprint density at radius 3 is 2.82 bits per heavy atom. The lowest BCUT2D eigenvalue weighted by Gasteiger charge is -2.06. The Balaban J connectivity index is 1.86. The third kappa shape index (κ3) is 2.61. The van der Waals surface area contributed by atoms with Gasteiger partial charge in [0.25, 0.3) is 0 Å². The number of benzene rings is 1. The first-order valence-corrected chi connectivity index (χ1v) is 5.44. The number of carbonyl (C=O) groups is 1. The third-order valence-corrected chi connectivity index (χ3v) is 2.96. The molecule has 0 radical (unpaired) electrons. The maximum absolute atomic E-state index is 11.5. The first-order valence-electron chi connectivity index (χ1n) is 5.44. The Morgan fingerprint density at radius 1 is 1.53 bits per heavy atom. The highest BCUT2D eigenvalue weighted by molar-refractivity contribution is 5.76. The number of hydrogen-bond donors (Lipinski definition) is 0. The van der Waals surface area contributed by atoms with E-state index in [9.17, 15) is 14.9 Å². The van der Waals surface area contributed by atoms with Crippen molar-refractivity contribution in [1.82, 2.24) is 0 Å². The molecule has 0 spiro atoms. The van der Waals surface area contributed by atoms with Gasteiger partial charge in [-0.15, -0.1) is 0 Å². The third-order valence-electron chi connectivity index (χ3n) is 2.96. The average Bonchev–Trinajstić information content (AvgIpc) is 3.07. The van der Waals surface area contributed by atoms with Gasteiger partial charge in [0, 0.05) is 11.3 Å². The quantitative estimate of drug-likeness (QED) is 0.452. The molecule has 0 aliphatic heterocycles. The molecule has 0 heterocycles. The molecule has 2 atom stereocenters. The van der Waals surface area contributed by atoms with Gasteiger partial charge in [-0.2, -0.15) is 0 Å². The molecule has 1 aliphatic rings. The number of nitrogens with zero attached hydrogens (tertiary/aromatic N) is 1. The minimum absolute atomic E-state index is 0.187. The van der Waals surface area contributed by atoms with Crippen molar-refractivity contribution in [2.75, 3.05) is 0 Å². The second kappa shape index (κ2) is 4.53. The number of esters is 1. The maximum atomic E-state index is 11.5. The average molecular weight is 235 g/mol. The van der Waals surface area contributed by atoms with Crippen LogP contribution in [0.1, 0.15) is 17.5 Å². The Kier molecular flexibility index (Phi) is 3.08. The van der Waals surface area contributed by atoms with E-state index in [4.69, 9.17) is 4.74 Å². The summed E-state index contributed by atoms with van der Waals surface area (Å²) >= 11 is 0. The molecule has 1 saturated carbocycles. The Hall–Kier alpha value is -1.91. The van der Waals surface area contributed by atoms with Crippen LogP contribution in [-0.2, 0) is 16.1 Å². The summed E-state index contributed by atoms with van der Waals surface area (Å²) in [5, 5.41) is 10.4. The topological polar surface area (TPSA) is 69.4 Å². The van der Waals surface area contributed by atoms with E-state index in [2.05, 4.69) is 0 Å². The molecule has 17 heavy (non-hydrogen) atoms. The van der Waals surface area contributed by atoms with Crippen molar-refractivity contribution in [3.63, 3.8) is 0 Å². The van der Waals surface area contributed by atoms with Crippen LogP contribution in [0.5, 0.6) is 0 Å². The fourth-order valence-corrected chi connectivity index (χ4v) is 1.70. The number of rotatable bonds is 4. The van der Waals surface area contributed by atoms with E-state index >= 15 is 0 Å². The van der Waals surface area contributed by atoms with Crippen molar-refractivity contribution < 1.29 is 14.5 Å². The van der Waals surface area contributed by atoms with Crippen LogP contribution in [0.4, 0.5) is 0 Å². The van der Waals surface area contributed by atoms with Crippen LogP contribution in [0, 0.1) is 23.0 Å². The van der Waals surface area contributed by atoms with Crippen molar-refractivity contribution >= 4 is 5.97 Å². The Labute approximate surface area is 98.5 Å². The Morgan fingerprint density at radius 2 is 2.24 bits per heavy atom. The van der Waals surface area contributed by atoms with E-state index in [1.54, 1.807) is 0 Å². The summed E-state index contributed by atoms with van der Waals surface area (Å²) in [6.45, 7) is 2.12. The van der Waals surface area contributed by atoms with E-state index in [0.29, 0.717) is 6.42 Å². The van der Waals surface area contributed by atoms with Gasteiger partial charge in [0.15, 0.2) is 0 Å². The van der Waals surface area contributed by atoms with Gasteiger partial charge in [-0.1, -0.05) is 24.3 Å². The van der Waals surface area contributed by atoms with Crippen molar-refractivity contribution in [3.05, 3.63) is 45.5 Å². The van der Waals surface area contributed by atoms with Gasteiger partial charge in [-0.05, 0) is 18.1 Å². The van der Waals surface area contributed by atoms with E-state index in [1.165, 1.54) is 0 Å². The molecule has 1 aromatic rings. The summed E-state index contributed by atoms with van der Waals surface area (Å²) in [4.78, 5) is 21.5. The molecular weight excluding hydrogens is 222 g/mol. The standard InChI is InChI=1S/C12H13NO4/c1-8-4-2-3-5-9(8)7-17-12(14)10-6-11(10)13(15)16/h2-5,10-11H,6-7H2,1H3. The van der Waals surface area contributed by atoms with Crippen molar-refractivity contribution in [3.8, 4) is 0 Å². The fraction of sp³-hybridized carbons (Fsp3) is 0.417. The molecule has 2 unspecified atom stereocenters. The molecular formula is C12H13NO4. The van der Waals surface area contributed by atoms with Gasteiger partial charge in [-0.3, -0.25) is 14.9 Å². The zero-order chi connectivity index (χ0) is 12.4. The van der Waals surface area contributed by atoms with Crippen LogP contribution >= 0.6 is 0 Å². The highest BCUT2D eigenvalue weighted by Crippen LogP contribution is 2.34.